The van der Waals surface area contributed by atoms with Crippen LogP contribution in [0, 0.1) is 19.3 Å². The van der Waals surface area contributed by atoms with Crippen molar-refractivity contribution in [2.75, 3.05) is 13.2 Å². The third-order valence-corrected chi connectivity index (χ3v) is 7.98. The van der Waals surface area contributed by atoms with Crippen LogP contribution in [0.4, 0.5) is 0 Å². The summed E-state index contributed by atoms with van der Waals surface area (Å²) in [4.78, 5) is 59.7. The van der Waals surface area contributed by atoms with Crippen LogP contribution >= 0.6 is 11.3 Å². The Morgan fingerprint density at radius 3 is 2.54 bits per heavy atom. The fraction of sp³-hybridized carbons (Fsp3) is 0.577. The van der Waals surface area contributed by atoms with Gasteiger partial charge in [-0.25, -0.2) is 9.79 Å². The summed E-state index contributed by atoms with van der Waals surface area (Å²) in [6, 6.07) is -1.72. The molecule has 1 aromatic rings. The van der Waals surface area contributed by atoms with Crippen LogP contribution in [0.1, 0.15) is 84.5 Å². The minimum Gasteiger partial charge on any atom is -0.462 e. The zero-order valence-corrected chi connectivity index (χ0v) is 22.6. The normalized spacial score (nSPS) is 19.2. The summed E-state index contributed by atoms with van der Waals surface area (Å²) in [7, 11) is 0. The highest BCUT2D eigenvalue weighted by molar-refractivity contribution is 7.14. The fourth-order valence-electron chi connectivity index (χ4n) is 5.05. The minimum atomic E-state index is -0.732. The van der Waals surface area contributed by atoms with Gasteiger partial charge >= 0.3 is 5.97 Å². The highest BCUT2D eigenvalue weighted by Gasteiger charge is 2.42. The van der Waals surface area contributed by atoms with Crippen LogP contribution in [0.25, 0.3) is 0 Å². The number of hydrogen-bond acceptors (Lipinski definition) is 8. The molecule has 2 heterocycles. The van der Waals surface area contributed by atoms with Crippen molar-refractivity contribution in [3.8, 4) is 0 Å². The number of rotatable bonds is 7. The second-order valence-electron chi connectivity index (χ2n) is 9.50. The van der Waals surface area contributed by atoms with E-state index in [0.717, 1.165) is 36.8 Å². The summed E-state index contributed by atoms with van der Waals surface area (Å²) in [6.45, 7) is 9.56. The van der Waals surface area contributed by atoms with E-state index in [1.54, 1.807) is 20.8 Å². The number of nitrogens with zero attached hydrogens (tertiary/aromatic N) is 3. The van der Waals surface area contributed by atoms with Crippen molar-refractivity contribution in [3.05, 3.63) is 27.8 Å². The van der Waals surface area contributed by atoms with E-state index in [-0.39, 0.29) is 30.3 Å². The topological polar surface area (TPSA) is 146 Å². The average molecular weight is 531 g/mol. The molecule has 2 fully saturated rings. The molecule has 2 atom stereocenters. The van der Waals surface area contributed by atoms with E-state index in [4.69, 9.17) is 15.9 Å². The van der Waals surface area contributed by atoms with E-state index < -0.39 is 24.0 Å². The van der Waals surface area contributed by atoms with Gasteiger partial charge in [-0.2, -0.15) is 0 Å². The van der Waals surface area contributed by atoms with Gasteiger partial charge in [0.25, 0.3) is 11.8 Å². The number of esters is 1. The van der Waals surface area contributed by atoms with Gasteiger partial charge in [-0.3, -0.25) is 24.7 Å². The van der Waals surface area contributed by atoms with Crippen molar-refractivity contribution in [1.29, 1.82) is 5.41 Å². The van der Waals surface area contributed by atoms with Gasteiger partial charge in [0.15, 0.2) is 5.84 Å². The highest BCUT2D eigenvalue weighted by atomic mass is 32.1. The number of carbonyl (C=O) groups is 4. The number of nitrogens with one attached hydrogen (secondary N) is 1. The van der Waals surface area contributed by atoms with Crippen molar-refractivity contribution < 1.29 is 23.9 Å². The predicted molar refractivity (Wildman–Crippen MR) is 142 cm³/mol. The van der Waals surface area contributed by atoms with Gasteiger partial charge < -0.3 is 15.4 Å². The Morgan fingerprint density at radius 1 is 1.24 bits per heavy atom. The van der Waals surface area contributed by atoms with Crippen molar-refractivity contribution in [1.82, 2.24) is 9.80 Å². The molecule has 0 unspecified atom stereocenters. The summed E-state index contributed by atoms with van der Waals surface area (Å²) in [5.74, 6) is -2.00. The van der Waals surface area contributed by atoms with Gasteiger partial charge in [0.05, 0.1) is 17.5 Å². The first-order valence-electron chi connectivity index (χ1n) is 12.8. The number of aliphatic imine (C=N–C) groups is 1. The molecule has 1 aromatic heterocycles. The first-order valence-corrected chi connectivity index (χ1v) is 13.6. The number of amides is 3. The molecule has 0 spiro atoms. The van der Waals surface area contributed by atoms with Crippen LogP contribution in [0.2, 0.25) is 0 Å². The van der Waals surface area contributed by atoms with E-state index in [1.807, 2.05) is 0 Å². The minimum absolute atomic E-state index is 0.189. The molecule has 11 heteroatoms. The lowest BCUT2D eigenvalue weighted by molar-refractivity contribution is -0.144. The summed E-state index contributed by atoms with van der Waals surface area (Å²) in [5, 5.41) is 8.34. The van der Waals surface area contributed by atoms with Gasteiger partial charge in [-0.15, -0.1) is 11.3 Å². The standard InChI is InChI=1S/C26H36N5O5S/c1-5-36-20(32)14-29-23(28)21-15(2)22(37-17(21)4)26(35)31(18-10-7-6-8-11-18)25(34)19-12-9-13-30(19)24(33)16(3)27/h14,16,18-19,28H,4-13,27H2,1-3H3/t16-,19-/m0/s1. The fourth-order valence-corrected chi connectivity index (χ4v) is 6.09. The van der Waals surface area contributed by atoms with E-state index in [2.05, 4.69) is 11.9 Å². The maximum atomic E-state index is 14.0. The molecule has 2 aliphatic rings. The maximum Gasteiger partial charge on any atom is 0.349 e. The van der Waals surface area contributed by atoms with Crippen LogP contribution in [-0.4, -0.2) is 76.8 Å². The number of nitrogens with two attached hydrogens (primary N) is 1. The number of hydrogen-bond donors (Lipinski definition) is 2. The van der Waals surface area contributed by atoms with E-state index in [0.29, 0.717) is 53.1 Å². The SMILES string of the molecule is [CH2]c1sc(C(=O)N(C(=O)[C@@H]2CCCN2C(=O)[C@H](C)N)C2CCCCC2)c(C)c1C(=N)N=CC(=O)OCC. The Balaban J connectivity index is 1.94. The lowest BCUT2D eigenvalue weighted by Crippen LogP contribution is -2.55. The molecule has 3 amide bonds. The number of ether oxygens (including phenoxy) is 1. The summed E-state index contributed by atoms with van der Waals surface area (Å²) >= 11 is 1.10. The Labute approximate surface area is 221 Å². The number of likely N-dealkylation sites (tertiary alicyclic amines) is 1. The molecule has 0 aromatic carbocycles. The lowest BCUT2D eigenvalue weighted by atomic mass is 9.93. The second kappa shape index (κ2) is 12.6. The van der Waals surface area contributed by atoms with E-state index in [9.17, 15) is 19.2 Å². The van der Waals surface area contributed by atoms with Crippen LogP contribution in [-0.2, 0) is 19.1 Å². The molecule has 3 rings (SSSR count). The first kappa shape index (κ1) is 28.6. The average Bonchev–Trinajstić information content (AvgIpc) is 3.47. The maximum absolute atomic E-state index is 14.0. The third kappa shape index (κ3) is 6.32. The van der Waals surface area contributed by atoms with Gasteiger partial charge in [0.1, 0.15) is 12.3 Å². The Kier molecular flexibility index (Phi) is 9.72. The number of amidine groups is 1. The van der Waals surface area contributed by atoms with Crippen molar-refractivity contribution in [2.24, 2.45) is 10.7 Å². The van der Waals surface area contributed by atoms with Crippen LogP contribution in [0.15, 0.2) is 4.99 Å². The molecule has 0 bridgehead atoms. The molecule has 10 nitrogen and oxygen atoms in total. The number of carbonyl (C=O) groups excluding carboxylic acids is 4. The number of imide groups is 1. The van der Waals surface area contributed by atoms with Crippen LogP contribution < -0.4 is 5.73 Å². The predicted octanol–water partition coefficient (Wildman–Crippen LogP) is 2.84. The molecule has 1 radical (unpaired) electrons. The Hall–Kier alpha value is -2.92. The van der Waals surface area contributed by atoms with Gasteiger partial charge in [-0.1, -0.05) is 19.3 Å². The monoisotopic (exact) mass is 530 g/mol. The molecule has 1 aliphatic carbocycles. The van der Waals surface area contributed by atoms with Crippen molar-refractivity contribution in [3.63, 3.8) is 0 Å². The zero-order valence-electron chi connectivity index (χ0n) is 21.7. The Morgan fingerprint density at radius 2 is 1.92 bits per heavy atom. The molecular formula is C26H36N5O5S. The first-order chi connectivity index (χ1) is 17.6. The molecule has 1 saturated carbocycles. The van der Waals surface area contributed by atoms with E-state index in [1.165, 1.54) is 9.80 Å². The van der Waals surface area contributed by atoms with Gasteiger partial charge in [0.2, 0.25) is 5.91 Å². The van der Waals surface area contributed by atoms with Crippen molar-refractivity contribution in [2.45, 2.75) is 83.8 Å². The highest BCUT2D eigenvalue weighted by Crippen LogP contribution is 2.33. The Bertz CT molecular complexity index is 1090. The summed E-state index contributed by atoms with van der Waals surface area (Å²) in [5.41, 5.74) is 6.65. The van der Waals surface area contributed by atoms with Crippen LogP contribution in [0.5, 0.6) is 0 Å². The molecular weight excluding hydrogens is 494 g/mol. The zero-order chi connectivity index (χ0) is 27.3. The third-order valence-electron chi connectivity index (χ3n) is 6.84. The molecule has 3 N–H and O–H groups in total. The quantitative estimate of drug-likeness (QED) is 0.240. The van der Waals surface area contributed by atoms with E-state index >= 15 is 0 Å². The molecule has 201 valence electrons. The smallest absolute Gasteiger partial charge is 0.349 e. The summed E-state index contributed by atoms with van der Waals surface area (Å²) in [6.07, 6.45) is 6.37. The lowest BCUT2D eigenvalue weighted by Gasteiger charge is -2.36. The molecule has 37 heavy (non-hydrogen) atoms. The second-order valence-corrected chi connectivity index (χ2v) is 10.6. The molecule has 1 aliphatic heterocycles. The van der Waals surface area contributed by atoms with Gasteiger partial charge in [0, 0.05) is 23.0 Å². The number of thiophene rings is 1. The largest absolute Gasteiger partial charge is 0.462 e. The van der Waals surface area contributed by atoms with Crippen LogP contribution in [0.3, 0.4) is 0 Å². The van der Waals surface area contributed by atoms with Gasteiger partial charge in [-0.05, 0) is 58.9 Å². The van der Waals surface area contributed by atoms with Crippen molar-refractivity contribution >= 4 is 47.1 Å². The summed E-state index contributed by atoms with van der Waals surface area (Å²) < 4.78 is 4.81. The molecule has 1 saturated heterocycles.